The van der Waals surface area contributed by atoms with Gasteiger partial charge < -0.3 is 0 Å². The van der Waals surface area contributed by atoms with Gasteiger partial charge in [0.25, 0.3) is 0 Å². The van der Waals surface area contributed by atoms with Crippen molar-refractivity contribution in [3.05, 3.63) is 24.3 Å². The predicted molar refractivity (Wildman–Crippen MR) is 62.2 cm³/mol. The standard InChI is InChI=1S/C5H6.C4H12Ge.In.3H/c1-2-4-5-3-1;1-4-5(2)3;;;;/h1-4H,5H2;5H,4H2,1-3H3;;;;. The van der Waals surface area contributed by atoms with Crippen molar-refractivity contribution in [3.63, 3.8) is 0 Å². The molecule has 0 unspecified atom stereocenters. The van der Waals surface area contributed by atoms with Crippen molar-refractivity contribution < 1.29 is 0 Å². The first-order valence-electron chi connectivity index (χ1n) is 4.09. The SMILES string of the molecule is C1=CCC=C1.C[CH2][GeH]([CH3])[CH3].[InH3]. The topological polar surface area (TPSA) is 0 Å². The third-order valence-corrected chi connectivity index (χ3v) is 4.90. The Labute approximate surface area is 94.0 Å². The molecule has 2 heteroatoms. The molecule has 11 heavy (non-hydrogen) atoms. The summed E-state index contributed by atoms with van der Waals surface area (Å²) in [5.41, 5.74) is 0. The molecule has 0 aromatic carbocycles. The van der Waals surface area contributed by atoms with Crippen molar-refractivity contribution in [2.24, 2.45) is 0 Å². The quantitative estimate of drug-likeness (QED) is 0.647. The van der Waals surface area contributed by atoms with Crippen LogP contribution in [0, 0.1) is 0 Å². The van der Waals surface area contributed by atoms with Gasteiger partial charge in [0.05, 0.1) is 0 Å². The monoisotopic (exact) mass is 318 g/mol. The second-order valence-corrected chi connectivity index (χ2v) is 10.5. The Hall–Kier alpha value is 0.893. The summed E-state index contributed by atoms with van der Waals surface area (Å²) in [4.78, 5) is 0. The van der Waals surface area contributed by atoms with Crippen molar-refractivity contribution in [2.45, 2.75) is 30.1 Å². The number of rotatable bonds is 1. The molecular weight excluding hydrogens is 296 g/mol. The molecule has 0 aromatic heterocycles. The van der Waals surface area contributed by atoms with Crippen LogP contribution in [-0.4, -0.2) is 40.2 Å². The van der Waals surface area contributed by atoms with Crippen LogP contribution < -0.4 is 0 Å². The Balaban J connectivity index is 0. The maximum atomic E-state index is 2.41. The summed E-state index contributed by atoms with van der Waals surface area (Å²) in [5.74, 6) is 4.82. The fraction of sp³-hybridized carbons (Fsp3) is 0.556. The third kappa shape index (κ3) is 13.8. The predicted octanol–water partition coefficient (Wildman–Crippen LogP) is 1.81. The molecule has 1 aliphatic carbocycles. The van der Waals surface area contributed by atoms with Crippen LogP contribution in [0.4, 0.5) is 0 Å². The minimum atomic E-state index is -0.512. The molecule has 0 nitrogen and oxygen atoms in total. The minimum absolute atomic E-state index is 0. The zero-order chi connectivity index (χ0) is 7.82. The van der Waals surface area contributed by atoms with Gasteiger partial charge in [0.15, 0.2) is 0 Å². The molecule has 64 valence electrons. The van der Waals surface area contributed by atoms with Crippen LogP contribution in [0.3, 0.4) is 0 Å². The average molecular weight is 317 g/mol. The van der Waals surface area contributed by atoms with Crippen LogP contribution in [-0.2, 0) is 0 Å². The zero-order valence-electron chi connectivity index (χ0n) is 7.30. The van der Waals surface area contributed by atoms with Gasteiger partial charge in [-0.05, 0) is 6.42 Å². The fourth-order valence-electron chi connectivity index (χ4n) is 0.393. The van der Waals surface area contributed by atoms with Gasteiger partial charge in [-0.2, -0.15) is 0 Å². The normalized spacial score (nSPS) is 12.4. The maximum absolute atomic E-state index is 2.41. The summed E-state index contributed by atoms with van der Waals surface area (Å²) in [6, 6.07) is 0. The van der Waals surface area contributed by atoms with Crippen molar-refractivity contribution >= 4 is 40.2 Å². The Morgan fingerprint density at radius 3 is 1.64 bits per heavy atom. The van der Waals surface area contributed by atoms with Crippen LogP contribution in [0.15, 0.2) is 24.3 Å². The molecule has 0 aliphatic heterocycles. The molecule has 1 rings (SSSR count). The van der Waals surface area contributed by atoms with E-state index in [1.165, 1.54) is 5.25 Å². The van der Waals surface area contributed by atoms with Crippen molar-refractivity contribution in [1.29, 1.82) is 0 Å². The molecule has 0 saturated carbocycles. The first-order chi connectivity index (χ1) is 4.77. The second kappa shape index (κ2) is 10.9. The van der Waals surface area contributed by atoms with Gasteiger partial charge in [-0.15, -0.1) is 0 Å². The van der Waals surface area contributed by atoms with E-state index in [0.29, 0.717) is 0 Å². The molecule has 0 amide bonds. The van der Waals surface area contributed by atoms with Crippen molar-refractivity contribution in [3.8, 4) is 0 Å². The second-order valence-electron chi connectivity index (χ2n) is 2.89. The van der Waals surface area contributed by atoms with Crippen LogP contribution >= 0.6 is 0 Å². The molecule has 0 atom stereocenters. The van der Waals surface area contributed by atoms with Gasteiger partial charge >= 0.3 is 63.9 Å². The van der Waals surface area contributed by atoms with E-state index in [-0.39, 0.29) is 25.8 Å². The van der Waals surface area contributed by atoms with E-state index < -0.39 is 14.3 Å². The van der Waals surface area contributed by atoms with Crippen LogP contribution in [0.2, 0.25) is 16.8 Å². The third-order valence-electron chi connectivity index (χ3n) is 1.47. The van der Waals surface area contributed by atoms with Crippen molar-refractivity contribution in [2.75, 3.05) is 0 Å². The van der Waals surface area contributed by atoms with Crippen molar-refractivity contribution in [1.82, 2.24) is 0 Å². The molecule has 0 bridgehead atoms. The van der Waals surface area contributed by atoms with Crippen LogP contribution in [0.25, 0.3) is 0 Å². The van der Waals surface area contributed by atoms with E-state index in [9.17, 15) is 0 Å². The van der Waals surface area contributed by atoms with Gasteiger partial charge in [0, 0.05) is 0 Å². The van der Waals surface area contributed by atoms with Gasteiger partial charge in [-0.25, -0.2) is 0 Å². The van der Waals surface area contributed by atoms with Crippen LogP contribution in [0.5, 0.6) is 0 Å². The average Bonchev–Trinajstić information content (AvgIpc) is 2.43. The summed E-state index contributed by atoms with van der Waals surface area (Å²) in [7, 11) is 0. The molecule has 1 aliphatic rings. The van der Waals surface area contributed by atoms with Gasteiger partial charge in [0.1, 0.15) is 0 Å². The summed E-state index contributed by atoms with van der Waals surface area (Å²) in [5, 5.41) is 1.49. The summed E-state index contributed by atoms with van der Waals surface area (Å²) < 4.78 is 0. The molecule has 0 spiro atoms. The number of allylic oxidation sites excluding steroid dienone is 4. The molecule has 0 aromatic rings. The van der Waals surface area contributed by atoms with E-state index in [1.54, 1.807) is 0 Å². The van der Waals surface area contributed by atoms with E-state index >= 15 is 0 Å². The first kappa shape index (κ1) is 14.4. The summed E-state index contributed by atoms with van der Waals surface area (Å²) in [6.45, 7) is 2.28. The number of hydrogen-bond acceptors (Lipinski definition) is 0. The molecule has 0 saturated heterocycles. The zero-order valence-corrected chi connectivity index (χ0v) is 9.72. The summed E-state index contributed by atoms with van der Waals surface area (Å²) in [6.07, 6.45) is 9.50. The number of hydrogen-bond donors (Lipinski definition) is 0. The van der Waals surface area contributed by atoms with E-state index in [1.807, 2.05) is 0 Å². The molecule has 0 radical (unpaired) electrons. The molecular formula is C9H21GeIn. The molecule has 0 fully saturated rings. The molecule has 0 N–H and O–H groups in total. The van der Waals surface area contributed by atoms with Gasteiger partial charge in [-0.3, -0.25) is 0 Å². The van der Waals surface area contributed by atoms with E-state index in [0.717, 1.165) is 6.42 Å². The van der Waals surface area contributed by atoms with E-state index in [4.69, 9.17) is 0 Å². The Morgan fingerprint density at radius 1 is 1.18 bits per heavy atom. The van der Waals surface area contributed by atoms with Gasteiger partial charge in [-0.1, -0.05) is 24.3 Å². The van der Waals surface area contributed by atoms with Gasteiger partial charge in [0.2, 0.25) is 0 Å². The Morgan fingerprint density at radius 2 is 1.55 bits per heavy atom. The first-order valence-corrected chi connectivity index (χ1v) is 10.6. The fourth-order valence-corrected chi connectivity index (χ4v) is 0.393. The Bertz CT molecular complexity index is 107. The summed E-state index contributed by atoms with van der Waals surface area (Å²) >= 11 is -0.512. The molecule has 0 heterocycles. The van der Waals surface area contributed by atoms with E-state index in [2.05, 4.69) is 42.7 Å². The van der Waals surface area contributed by atoms with Crippen LogP contribution in [0.1, 0.15) is 13.3 Å². The Kier molecular flexibility index (Phi) is 14.3.